The van der Waals surface area contributed by atoms with E-state index >= 15 is 0 Å². The van der Waals surface area contributed by atoms with E-state index in [0.717, 1.165) is 31.2 Å². The van der Waals surface area contributed by atoms with E-state index in [-0.39, 0.29) is 10.8 Å². The molecule has 0 heterocycles. The summed E-state index contributed by atoms with van der Waals surface area (Å²) in [5.74, 6) is -0.559. The summed E-state index contributed by atoms with van der Waals surface area (Å²) in [4.78, 5) is 0. The second-order valence-electron chi connectivity index (χ2n) is 7.10. The number of benzene rings is 1. The van der Waals surface area contributed by atoms with E-state index in [1.54, 1.807) is 6.07 Å². The third-order valence-electron chi connectivity index (χ3n) is 4.60. The zero-order chi connectivity index (χ0) is 14.9. The topological polar surface area (TPSA) is 0 Å². The minimum Gasteiger partial charge on any atom is -0.204 e. The summed E-state index contributed by atoms with van der Waals surface area (Å²) in [5.41, 5.74) is 1.12. The van der Waals surface area contributed by atoms with Crippen LogP contribution < -0.4 is 0 Å². The highest BCUT2D eigenvalue weighted by molar-refractivity contribution is 6.20. The Hall–Kier alpha value is -0.630. The lowest BCUT2D eigenvalue weighted by Crippen LogP contribution is -2.33. The quantitative estimate of drug-likeness (QED) is 0.626. The van der Waals surface area contributed by atoms with Gasteiger partial charge in [0, 0.05) is 5.38 Å². The molecule has 0 radical (unpaired) electrons. The first kappa shape index (κ1) is 15.8. The van der Waals surface area contributed by atoms with Gasteiger partial charge in [-0.15, -0.1) is 11.6 Å². The zero-order valence-electron chi connectivity index (χ0n) is 12.4. The molecule has 0 nitrogen and oxygen atoms in total. The van der Waals surface area contributed by atoms with Gasteiger partial charge < -0.3 is 0 Å². The van der Waals surface area contributed by atoms with E-state index in [4.69, 9.17) is 11.6 Å². The van der Waals surface area contributed by atoms with Crippen LogP contribution in [0.4, 0.5) is 8.78 Å². The average molecular weight is 301 g/mol. The fourth-order valence-corrected chi connectivity index (χ4v) is 3.51. The van der Waals surface area contributed by atoms with Crippen molar-refractivity contribution < 1.29 is 8.78 Å². The summed E-state index contributed by atoms with van der Waals surface area (Å²) in [7, 11) is 0. The predicted molar refractivity (Wildman–Crippen MR) is 80.0 cm³/mol. The lowest BCUT2D eigenvalue weighted by molar-refractivity contribution is 0.144. The maximum Gasteiger partial charge on any atom is 0.159 e. The summed E-state index contributed by atoms with van der Waals surface area (Å²) < 4.78 is 26.3. The van der Waals surface area contributed by atoms with Crippen LogP contribution in [0.5, 0.6) is 0 Å². The normalized spacial score (nSPS) is 27.6. The molecule has 1 fully saturated rings. The van der Waals surface area contributed by atoms with Gasteiger partial charge in [0.05, 0.1) is 0 Å². The molecule has 0 spiro atoms. The minimum absolute atomic E-state index is 0.140. The van der Waals surface area contributed by atoms with Gasteiger partial charge in [0.25, 0.3) is 0 Å². The molecule has 0 saturated heterocycles. The first-order chi connectivity index (χ1) is 9.27. The maximum atomic E-state index is 13.3. The molecule has 1 saturated carbocycles. The van der Waals surface area contributed by atoms with Gasteiger partial charge in [-0.3, -0.25) is 0 Å². The van der Waals surface area contributed by atoms with Crippen molar-refractivity contribution in [2.24, 2.45) is 17.3 Å². The standard InChI is InChI=1S/C17H23ClF2/c1-17(2,3)13-5-6-14(18)12(10-13)8-11-4-7-15(19)16(20)9-11/h4,7,9,12-14H,5-6,8,10H2,1-3H3. The van der Waals surface area contributed by atoms with Gasteiger partial charge in [-0.2, -0.15) is 0 Å². The van der Waals surface area contributed by atoms with Crippen LogP contribution in [0.1, 0.15) is 45.6 Å². The number of hydrogen-bond donors (Lipinski definition) is 0. The van der Waals surface area contributed by atoms with Crippen molar-refractivity contribution in [2.45, 2.75) is 51.8 Å². The first-order valence-electron chi connectivity index (χ1n) is 7.35. The van der Waals surface area contributed by atoms with Gasteiger partial charge in [-0.25, -0.2) is 8.78 Å². The summed E-state index contributed by atoms with van der Waals surface area (Å²) in [6.07, 6.45) is 3.97. The molecule has 0 aromatic heterocycles. The van der Waals surface area contributed by atoms with Gasteiger partial charge in [-0.1, -0.05) is 26.8 Å². The SMILES string of the molecule is CC(C)(C)C1CCC(Cl)C(Cc2ccc(F)c(F)c2)C1. The average Bonchev–Trinajstić information content (AvgIpc) is 2.35. The molecule has 1 aliphatic carbocycles. The molecule has 0 N–H and O–H groups in total. The molecule has 0 bridgehead atoms. The van der Waals surface area contributed by atoms with Crippen LogP contribution in [0.15, 0.2) is 18.2 Å². The van der Waals surface area contributed by atoms with Gasteiger partial charge in [0.1, 0.15) is 0 Å². The van der Waals surface area contributed by atoms with Crippen molar-refractivity contribution in [3.05, 3.63) is 35.4 Å². The van der Waals surface area contributed by atoms with Gasteiger partial charge in [-0.05, 0) is 60.6 Å². The molecule has 1 aromatic rings. The van der Waals surface area contributed by atoms with Crippen LogP contribution in [-0.4, -0.2) is 5.38 Å². The van der Waals surface area contributed by atoms with Gasteiger partial charge >= 0.3 is 0 Å². The molecule has 0 amide bonds. The van der Waals surface area contributed by atoms with Crippen LogP contribution >= 0.6 is 11.6 Å². The van der Waals surface area contributed by atoms with Crippen molar-refractivity contribution >= 4 is 11.6 Å². The lowest BCUT2D eigenvalue weighted by Gasteiger charge is -2.40. The van der Waals surface area contributed by atoms with Crippen LogP contribution in [0.25, 0.3) is 0 Å². The fraction of sp³-hybridized carbons (Fsp3) is 0.647. The van der Waals surface area contributed by atoms with Crippen molar-refractivity contribution in [2.75, 3.05) is 0 Å². The van der Waals surface area contributed by atoms with Crippen molar-refractivity contribution in [1.29, 1.82) is 0 Å². The Balaban J connectivity index is 2.08. The fourth-order valence-electron chi connectivity index (χ4n) is 3.19. The Bertz CT molecular complexity index is 465. The van der Waals surface area contributed by atoms with Crippen LogP contribution in [0.3, 0.4) is 0 Å². The van der Waals surface area contributed by atoms with Gasteiger partial charge in [0.2, 0.25) is 0 Å². The molecular weight excluding hydrogens is 278 g/mol. The number of hydrogen-bond acceptors (Lipinski definition) is 0. The van der Waals surface area contributed by atoms with Crippen LogP contribution in [-0.2, 0) is 6.42 Å². The Kier molecular flexibility index (Phi) is 4.73. The van der Waals surface area contributed by atoms with Crippen molar-refractivity contribution in [3.8, 4) is 0 Å². The molecular formula is C17H23ClF2. The molecule has 1 aromatic carbocycles. The van der Waals surface area contributed by atoms with E-state index in [0.29, 0.717) is 11.8 Å². The molecule has 0 aliphatic heterocycles. The summed E-state index contributed by atoms with van der Waals surface area (Å²) in [6, 6.07) is 4.18. The smallest absolute Gasteiger partial charge is 0.159 e. The first-order valence-corrected chi connectivity index (χ1v) is 7.79. The Labute approximate surface area is 125 Å². The molecule has 2 rings (SSSR count). The van der Waals surface area contributed by atoms with Crippen molar-refractivity contribution in [3.63, 3.8) is 0 Å². The third kappa shape index (κ3) is 3.72. The van der Waals surface area contributed by atoms with Gasteiger partial charge in [0.15, 0.2) is 11.6 Å². The van der Waals surface area contributed by atoms with Crippen LogP contribution in [0.2, 0.25) is 0 Å². The summed E-state index contributed by atoms with van der Waals surface area (Å²) >= 11 is 6.45. The second kappa shape index (κ2) is 6.01. The summed E-state index contributed by atoms with van der Waals surface area (Å²) in [5, 5.41) is 0.140. The number of alkyl halides is 1. The Morgan fingerprint density at radius 3 is 2.45 bits per heavy atom. The van der Waals surface area contributed by atoms with Crippen LogP contribution in [0, 0.1) is 28.9 Å². The Morgan fingerprint density at radius 1 is 1.15 bits per heavy atom. The maximum absolute atomic E-state index is 13.3. The van der Waals surface area contributed by atoms with E-state index in [2.05, 4.69) is 20.8 Å². The third-order valence-corrected chi connectivity index (χ3v) is 5.17. The van der Waals surface area contributed by atoms with E-state index < -0.39 is 11.6 Å². The monoisotopic (exact) mass is 300 g/mol. The minimum atomic E-state index is -0.785. The highest BCUT2D eigenvalue weighted by atomic mass is 35.5. The number of rotatable bonds is 2. The highest BCUT2D eigenvalue weighted by Gasteiger charge is 2.35. The van der Waals surface area contributed by atoms with E-state index in [1.165, 1.54) is 12.1 Å². The van der Waals surface area contributed by atoms with Crippen molar-refractivity contribution in [1.82, 2.24) is 0 Å². The Morgan fingerprint density at radius 2 is 1.85 bits per heavy atom. The lowest BCUT2D eigenvalue weighted by atomic mass is 9.68. The number of halogens is 3. The molecule has 20 heavy (non-hydrogen) atoms. The molecule has 3 heteroatoms. The molecule has 3 atom stereocenters. The van der Waals surface area contributed by atoms with E-state index in [9.17, 15) is 8.78 Å². The largest absolute Gasteiger partial charge is 0.204 e. The molecule has 1 aliphatic rings. The second-order valence-corrected chi connectivity index (χ2v) is 7.67. The summed E-state index contributed by atoms with van der Waals surface area (Å²) in [6.45, 7) is 6.79. The highest BCUT2D eigenvalue weighted by Crippen LogP contribution is 2.43. The predicted octanol–water partition coefficient (Wildman–Crippen LogP) is 5.58. The van der Waals surface area contributed by atoms with E-state index in [1.807, 2.05) is 0 Å². The molecule has 112 valence electrons. The molecule has 3 unspecified atom stereocenters. The zero-order valence-corrected chi connectivity index (χ0v) is 13.2.